The van der Waals surface area contributed by atoms with E-state index in [1.54, 1.807) is 0 Å². The average molecular weight is 411 g/mol. The standard InChI is InChI=1S/C22H25ClF2N2O/c1-2-16-5-7-18(26-15-16)4-3-9-22(25)10-12-27(13-11-22)21(28)17-6-8-20(24)19(23)14-17/h5-8,14-15H,2-4,9-13H2,1H3/i2D2,4D2. The highest BCUT2D eigenvalue weighted by molar-refractivity contribution is 6.31. The van der Waals surface area contributed by atoms with Crippen molar-refractivity contribution in [2.75, 3.05) is 13.1 Å². The fraction of sp³-hybridized carbons (Fsp3) is 0.455. The summed E-state index contributed by atoms with van der Waals surface area (Å²) in [4.78, 5) is 18.2. The Bertz CT molecular complexity index is 975. The molecule has 28 heavy (non-hydrogen) atoms. The van der Waals surface area contributed by atoms with E-state index in [9.17, 15) is 9.18 Å². The third-order valence-electron chi connectivity index (χ3n) is 5.04. The van der Waals surface area contributed by atoms with Crippen LogP contribution in [0.15, 0.2) is 36.5 Å². The van der Waals surface area contributed by atoms with Crippen LogP contribution in [-0.2, 0) is 12.7 Å². The van der Waals surface area contributed by atoms with Gasteiger partial charge in [-0.05, 0) is 68.3 Å². The minimum absolute atomic E-state index is 0.0254. The molecule has 0 unspecified atom stereocenters. The summed E-state index contributed by atoms with van der Waals surface area (Å²) >= 11 is 5.74. The van der Waals surface area contributed by atoms with E-state index in [4.69, 9.17) is 17.1 Å². The van der Waals surface area contributed by atoms with Gasteiger partial charge in [0.2, 0.25) is 0 Å². The van der Waals surface area contributed by atoms with Crippen molar-refractivity contribution in [3.63, 3.8) is 0 Å². The van der Waals surface area contributed by atoms with Gasteiger partial charge in [-0.3, -0.25) is 9.78 Å². The number of nitrogens with zero attached hydrogens (tertiary/aromatic N) is 2. The van der Waals surface area contributed by atoms with E-state index < -0.39 is 24.2 Å². The lowest BCUT2D eigenvalue weighted by Gasteiger charge is -2.36. The van der Waals surface area contributed by atoms with Crippen molar-refractivity contribution in [2.24, 2.45) is 0 Å². The molecule has 1 fully saturated rings. The number of likely N-dealkylation sites (tertiary alicyclic amines) is 1. The minimum atomic E-state index is -1.87. The molecule has 0 N–H and O–H groups in total. The van der Waals surface area contributed by atoms with Crippen LogP contribution in [0, 0.1) is 5.82 Å². The number of amides is 1. The second-order valence-electron chi connectivity index (χ2n) is 6.93. The Morgan fingerprint density at radius 2 is 2.07 bits per heavy atom. The highest BCUT2D eigenvalue weighted by Gasteiger charge is 2.35. The summed E-state index contributed by atoms with van der Waals surface area (Å²) in [5.41, 5.74) is -0.885. The van der Waals surface area contributed by atoms with Crippen molar-refractivity contribution in [3.05, 3.63) is 64.2 Å². The van der Waals surface area contributed by atoms with Crippen LogP contribution in [0.5, 0.6) is 0 Å². The van der Waals surface area contributed by atoms with Crippen molar-refractivity contribution in [1.29, 1.82) is 0 Å². The van der Waals surface area contributed by atoms with Crippen LogP contribution in [0.3, 0.4) is 0 Å². The molecule has 0 saturated carbocycles. The number of aromatic nitrogens is 1. The van der Waals surface area contributed by atoms with Crippen LogP contribution in [0.1, 0.15) is 59.7 Å². The average Bonchev–Trinajstić information content (AvgIpc) is 2.74. The third-order valence-corrected chi connectivity index (χ3v) is 5.33. The number of aryl methyl sites for hydroxylation is 2. The zero-order chi connectivity index (χ0) is 23.7. The Morgan fingerprint density at radius 3 is 2.68 bits per heavy atom. The summed E-state index contributed by atoms with van der Waals surface area (Å²) in [6, 6.07) is 6.66. The van der Waals surface area contributed by atoms with E-state index in [1.807, 2.05) is 0 Å². The summed E-state index contributed by atoms with van der Waals surface area (Å²) in [5, 5.41) is -0.147. The maximum Gasteiger partial charge on any atom is 0.253 e. The number of benzene rings is 1. The number of pyridine rings is 1. The van der Waals surface area contributed by atoms with Gasteiger partial charge in [-0.15, -0.1) is 0 Å². The third kappa shape index (κ3) is 5.07. The Morgan fingerprint density at radius 1 is 1.32 bits per heavy atom. The smallest absolute Gasteiger partial charge is 0.253 e. The predicted octanol–water partition coefficient (Wildman–Crippen LogP) is 5.40. The van der Waals surface area contributed by atoms with Gasteiger partial charge in [-0.2, -0.15) is 0 Å². The van der Waals surface area contributed by atoms with Gasteiger partial charge in [0.1, 0.15) is 11.5 Å². The van der Waals surface area contributed by atoms with E-state index in [1.165, 1.54) is 42.3 Å². The van der Waals surface area contributed by atoms with Crippen molar-refractivity contribution in [2.45, 2.75) is 51.0 Å². The zero-order valence-electron chi connectivity index (χ0n) is 19.6. The molecule has 2 heterocycles. The first-order chi connectivity index (χ1) is 14.8. The normalized spacial score (nSPS) is 19.4. The van der Waals surface area contributed by atoms with Crippen LogP contribution in [-0.4, -0.2) is 34.5 Å². The van der Waals surface area contributed by atoms with E-state index >= 15 is 4.39 Å². The molecule has 1 aromatic heterocycles. The van der Waals surface area contributed by atoms with Crippen molar-refractivity contribution in [1.82, 2.24) is 9.88 Å². The molecule has 3 rings (SSSR count). The lowest BCUT2D eigenvalue weighted by molar-refractivity contribution is 0.0389. The zero-order valence-corrected chi connectivity index (χ0v) is 16.4. The Hall–Kier alpha value is -2.01. The van der Waals surface area contributed by atoms with Gasteiger partial charge in [0.05, 0.1) is 5.02 Å². The number of rotatable bonds is 6. The molecule has 1 aliphatic heterocycles. The molecule has 0 aliphatic carbocycles. The Balaban J connectivity index is 1.58. The van der Waals surface area contributed by atoms with Gasteiger partial charge in [0.15, 0.2) is 0 Å². The quantitative estimate of drug-likeness (QED) is 0.638. The minimum Gasteiger partial charge on any atom is -0.338 e. The summed E-state index contributed by atoms with van der Waals surface area (Å²) in [6.07, 6.45) is -2.09. The molecule has 6 heteroatoms. The SMILES string of the molecule is [2H]C([2H])(C)c1ccc(C([2H])([2H])CCC2(F)CCN(C(=O)c3ccc(F)c(Cl)c3)CC2)nc1. The second kappa shape index (κ2) is 8.99. The molecule has 1 saturated heterocycles. The molecule has 0 atom stereocenters. The summed E-state index contributed by atoms with van der Waals surface area (Å²) < 4.78 is 60.6. The molecule has 1 aliphatic rings. The predicted molar refractivity (Wildman–Crippen MR) is 107 cm³/mol. The van der Waals surface area contributed by atoms with Gasteiger partial charge >= 0.3 is 0 Å². The maximum absolute atomic E-state index is 15.3. The molecule has 2 aromatic rings. The summed E-state index contributed by atoms with van der Waals surface area (Å²) in [7, 11) is 0. The number of carbonyl (C=O) groups is 1. The Labute approximate surface area is 175 Å². The van der Waals surface area contributed by atoms with Crippen LogP contribution >= 0.6 is 11.6 Å². The van der Waals surface area contributed by atoms with Crippen LogP contribution in [0.4, 0.5) is 8.78 Å². The Kier molecular flexibility index (Phi) is 5.09. The first-order valence-electron chi connectivity index (χ1n) is 11.2. The van der Waals surface area contributed by atoms with Crippen LogP contribution in [0.2, 0.25) is 5.02 Å². The second-order valence-corrected chi connectivity index (χ2v) is 7.34. The fourth-order valence-electron chi connectivity index (χ4n) is 3.23. The number of halogens is 3. The van der Waals surface area contributed by atoms with Gasteiger partial charge in [0, 0.05) is 36.0 Å². The molecular weight excluding hydrogens is 382 g/mol. The molecule has 0 radical (unpaired) electrons. The monoisotopic (exact) mass is 410 g/mol. The molecule has 1 aromatic carbocycles. The van der Waals surface area contributed by atoms with Crippen molar-refractivity contribution < 1.29 is 19.1 Å². The molecule has 1 amide bonds. The number of hydrogen-bond acceptors (Lipinski definition) is 2. The topological polar surface area (TPSA) is 33.2 Å². The first-order valence-corrected chi connectivity index (χ1v) is 9.59. The van der Waals surface area contributed by atoms with Gasteiger partial charge in [-0.25, -0.2) is 8.78 Å². The number of piperidine rings is 1. The maximum atomic E-state index is 15.3. The highest BCUT2D eigenvalue weighted by Crippen LogP contribution is 2.32. The van der Waals surface area contributed by atoms with Gasteiger partial charge in [0.25, 0.3) is 5.91 Å². The summed E-state index contributed by atoms with van der Waals surface area (Å²) in [5.74, 6) is -0.958. The molecule has 0 spiro atoms. The van der Waals surface area contributed by atoms with Crippen molar-refractivity contribution in [3.8, 4) is 0 Å². The van der Waals surface area contributed by atoms with E-state index in [2.05, 4.69) is 4.98 Å². The molecule has 0 bridgehead atoms. The van der Waals surface area contributed by atoms with Crippen LogP contribution < -0.4 is 0 Å². The van der Waals surface area contributed by atoms with E-state index in [0.717, 1.165) is 6.07 Å². The van der Waals surface area contributed by atoms with Crippen molar-refractivity contribution >= 4 is 17.5 Å². The number of alkyl halides is 1. The lowest BCUT2D eigenvalue weighted by Crippen LogP contribution is -2.44. The van der Waals surface area contributed by atoms with Gasteiger partial charge < -0.3 is 4.90 Å². The number of hydrogen-bond donors (Lipinski definition) is 0. The van der Waals surface area contributed by atoms with Gasteiger partial charge in [-0.1, -0.05) is 24.6 Å². The highest BCUT2D eigenvalue weighted by atomic mass is 35.5. The molecular formula is C22H25ClF2N2O. The van der Waals surface area contributed by atoms with Crippen LogP contribution in [0.25, 0.3) is 0 Å². The largest absolute Gasteiger partial charge is 0.338 e. The summed E-state index contributed by atoms with van der Waals surface area (Å²) in [6.45, 7) is 1.74. The first kappa shape index (κ1) is 15.9. The molecule has 3 nitrogen and oxygen atoms in total. The lowest BCUT2D eigenvalue weighted by atomic mass is 9.87. The molecule has 150 valence electrons. The fourth-order valence-corrected chi connectivity index (χ4v) is 3.41. The number of carbonyl (C=O) groups excluding carboxylic acids is 1. The van der Waals surface area contributed by atoms with E-state index in [-0.39, 0.29) is 61.0 Å². The van der Waals surface area contributed by atoms with E-state index in [0.29, 0.717) is 5.56 Å².